The maximum Gasteiger partial charge on any atom is 0.344 e. The topological polar surface area (TPSA) is 148 Å². The number of piperidine rings is 1. The van der Waals surface area contributed by atoms with Gasteiger partial charge in [-0.2, -0.15) is 0 Å². The summed E-state index contributed by atoms with van der Waals surface area (Å²) in [6.07, 6.45) is 7.27. The minimum atomic E-state index is -2.50. The van der Waals surface area contributed by atoms with Crippen molar-refractivity contribution < 1.29 is 43.2 Å². The van der Waals surface area contributed by atoms with Crippen molar-refractivity contribution in [2.45, 2.75) is 99.8 Å². The summed E-state index contributed by atoms with van der Waals surface area (Å²) in [7, 11) is 4.19. The summed E-state index contributed by atoms with van der Waals surface area (Å²) in [6, 6.07) is 10.3. The number of carbonyl (C=O) groups excluding carboxylic acids is 4. The average molecular weight is 809 g/mol. The molecule has 9 rings (SSSR count). The molecular weight excluding hydrogens is 753 g/mol. The van der Waals surface area contributed by atoms with Gasteiger partial charge < -0.3 is 33.9 Å². The molecule has 1 aliphatic carbocycles. The first kappa shape index (κ1) is 39.8. The molecule has 2 aromatic rings. The molecule has 2 aromatic carbocycles. The number of benzene rings is 2. The molecule has 59 heavy (non-hydrogen) atoms. The van der Waals surface area contributed by atoms with Gasteiger partial charge in [0.1, 0.15) is 11.2 Å². The van der Waals surface area contributed by atoms with Crippen LogP contribution in [0.15, 0.2) is 53.5 Å². The van der Waals surface area contributed by atoms with Crippen LogP contribution in [0, 0.1) is 17.3 Å². The number of rotatable bonds is 8. The SMILES string of the molecule is CC[C@H]1C[C@@H]2CN(CC[C@H]3C(=Nc4ccccc43)[C@@](C(=O)OC)(c3cc4c(cc3OC)N(C=O)[C@H]3[C@@](O)(C(=O)OC)[C@H](OC(C)=O)[C@]5(CC)C=CCN6CC[C@]43[C@@H]65)C2)C1. The van der Waals surface area contributed by atoms with E-state index >= 15 is 4.79 Å². The molecule has 7 aliphatic rings. The Morgan fingerprint density at radius 2 is 1.78 bits per heavy atom. The highest BCUT2D eigenvalue weighted by Crippen LogP contribution is 2.68. The van der Waals surface area contributed by atoms with E-state index in [2.05, 4.69) is 22.8 Å². The molecule has 13 nitrogen and oxygen atoms in total. The van der Waals surface area contributed by atoms with Crippen LogP contribution < -0.4 is 9.64 Å². The number of aliphatic imine (C=N–C) groups is 1. The number of aliphatic hydroxyl groups is 1. The minimum Gasteiger partial charge on any atom is -0.496 e. The maximum atomic E-state index is 15.3. The van der Waals surface area contributed by atoms with Crippen LogP contribution in [0.1, 0.15) is 81.9 Å². The fourth-order valence-electron chi connectivity index (χ4n) is 13.5. The average Bonchev–Trinajstić information content (AvgIpc) is 3.92. The largest absolute Gasteiger partial charge is 0.496 e. The Balaban J connectivity index is 1.36. The second-order valence-electron chi connectivity index (χ2n) is 18.0. The van der Waals surface area contributed by atoms with Crippen LogP contribution in [-0.2, 0) is 44.2 Å². The normalized spacial score (nSPS) is 37.6. The van der Waals surface area contributed by atoms with Gasteiger partial charge >= 0.3 is 17.9 Å². The molecule has 1 N–H and O–H groups in total. The molecule has 1 spiro atoms. The van der Waals surface area contributed by atoms with E-state index in [9.17, 15) is 19.5 Å². The lowest BCUT2D eigenvalue weighted by Gasteiger charge is -2.63. The van der Waals surface area contributed by atoms with E-state index in [1.54, 1.807) is 13.2 Å². The number of nitrogens with zero attached hydrogens (tertiary/aromatic N) is 4. The molecule has 0 radical (unpaired) electrons. The molecule has 13 heteroatoms. The number of ether oxygens (including phenoxy) is 4. The van der Waals surface area contributed by atoms with Crippen molar-refractivity contribution in [1.82, 2.24) is 9.80 Å². The van der Waals surface area contributed by atoms with Crippen molar-refractivity contribution >= 4 is 41.4 Å². The number of amides is 1. The second-order valence-corrected chi connectivity index (χ2v) is 18.0. The maximum absolute atomic E-state index is 15.3. The Morgan fingerprint density at radius 3 is 2.47 bits per heavy atom. The van der Waals surface area contributed by atoms with Gasteiger partial charge in [-0.1, -0.05) is 50.6 Å². The van der Waals surface area contributed by atoms with Gasteiger partial charge in [0.15, 0.2) is 6.10 Å². The van der Waals surface area contributed by atoms with E-state index in [0.29, 0.717) is 67.2 Å². The minimum absolute atomic E-state index is 0.120. The summed E-state index contributed by atoms with van der Waals surface area (Å²) in [5, 5.41) is 13.3. The molecule has 6 aliphatic heterocycles. The lowest BCUT2D eigenvalue weighted by molar-refractivity contribution is -0.228. The zero-order chi connectivity index (χ0) is 41.6. The summed E-state index contributed by atoms with van der Waals surface area (Å²) >= 11 is 0. The smallest absolute Gasteiger partial charge is 0.344 e. The third-order valence-electron chi connectivity index (χ3n) is 15.6. The van der Waals surface area contributed by atoms with Crippen molar-refractivity contribution in [3.63, 3.8) is 0 Å². The molecule has 1 amide bonds. The van der Waals surface area contributed by atoms with Crippen molar-refractivity contribution in [3.8, 4) is 5.75 Å². The lowest BCUT2D eigenvalue weighted by Crippen LogP contribution is -2.81. The van der Waals surface area contributed by atoms with Crippen LogP contribution in [0.2, 0.25) is 0 Å². The van der Waals surface area contributed by atoms with E-state index in [1.807, 2.05) is 43.3 Å². The number of para-hydroxylation sites is 1. The number of hydrogen-bond donors (Lipinski definition) is 1. The Morgan fingerprint density at radius 1 is 1.00 bits per heavy atom. The van der Waals surface area contributed by atoms with Crippen LogP contribution in [0.4, 0.5) is 11.4 Å². The predicted molar refractivity (Wildman–Crippen MR) is 219 cm³/mol. The van der Waals surface area contributed by atoms with Crippen molar-refractivity contribution in [3.05, 3.63) is 65.2 Å². The number of esters is 3. The Bertz CT molecular complexity index is 2160. The molecule has 1 unspecified atom stereocenters. The fraction of sp³-hybridized carbons (Fsp3) is 0.587. The Hall–Kier alpha value is -4.59. The highest BCUT2D eigenvalue weighted by molar-refractivity contribution is 6.18. The molecule has 2 bridgehead atoms. The van der Waals surface area contributed by atoms with Gasteiger partial charge in [0, 0.05) is 66.7 Å². The molecular formula is C46H56N4O9. The molecule has 6 heterocycles. The number of methoxy groups -OCH3 is 3. The van der Waals surface area contributed by atoms with Gasteiger partial charge in [-0.15, -0.1) is 0 Å². The van der Waals surface area contributed by atoms with Crippen molar-refractivity contribution in [1.29, 1.82) is 0 Å². The number of hydrogen-bond acceptors (Lipinski definition) is 12. The molecule has 11 atom stereocenters. The zero-order valence-electron chi connectivity index (χ0n) is 34.9. The van der Waals surface area contributed by atoms with Gasteiger partial charge in [0.2, 0.25) is 12.0 Å². The van der Waals surface area contributed by atoms with Crippen LogP contribution in [0.25, 0.3) is 0 Å². The summed E-state index contributed by atoms with van der Waals surface area (Å²) < 4.78 is 23.8. The van der Waals surface area contributed by atoms with Crippen molar-refractivity contribution in [2.24, 2.45) is 22.2 Å². The second kappa shape index (κ2) is 14.3. The first-order valence-corrected chi connectivity index (χ1v) is 21.3. The molecule has 314 valence electrons. The number of carbonyl (C=O) groups is 4. The highest BCUT2D eigenvalue weighted by atomic mass is 16.6. The van der Waals surface area contributed by atoms with E-state index in [0.717, 1.165) is 55.9 Å². The van der Waals surface area contributed by atoms with Crippen LogP contribution in [0.5, 0.6) is 5.75 Å². The van der Waals surface area contributed by atoms with E-state index < -0.39 is 57.9 Å². The Kier molecular flexibility index (Phi) is 9.64. The highest BCUT2D eigenvalue weighted by Gasteiger charge is 2.81. The molecule has 1 saturated carbocycles. The van der Waals surface area contributed by atoms with E-state index in [1.165, 1.54) is 26.0 Å². The summed E-state index contributed by atoms with van der Waals surface area (Å²) in [5.41, 5.74) is -1.69. The standard InChI is InChI=1S/C46H56N4O9/c1-7-28-20-29-23-45(41(53)57-5,37-31(14-18-48(24-28)25-29)30-12-9-10-13-34(30)47-37)33-21-32-35(22-36(33)56-4)50(26-51)39-44(32)16-19-49-17-11-15-43(8-2,38(44)49)40(59-27(3)52)46(39,55)42(54)58-6/h9-13,15,21-22,26,28-29,31,38-40,55H,7-8,14,16-20,23-25H2,1-6H3/t28-,29-,31+,38-,39+,40+,43+,44+,45-,46-/m0/s1. The summed E-state index contributed by atoms with van der Waals surface area (Å²) in [6.45, 7) is 9.34. The summed E-state index contributed by atoms with van der Waals surface area (Å²) in [4.78, 5) is 68.1. The first-order valence-electron chi connectivity index (χ1n) is 21.3. The van der Waals surface area contributed by atoms with E-state index in [4.69, 9.17) is 23.9 Å². The van der Waals surface area contributed by atoms with Crippen LogP contribution in [0.3, 0.4) is 0 Å². The molecule has 0 aromatic heterocycles. The number of fused-ring (bicyclic) bond motifs is 6. The first-order chi connectivity index (χ1) is 28.4. The quantitative estimate of drug-likeness (QED) is 0.173. The Labute approximate surface area is 345 Å². The lowest BCUT2D eigenvalue weighted by atomic mass is 9.47. The van der Waals surface area contributed by atoms with E-state index in [-0.39, 0.29) is 11.8 Å². The third kappa shape index (κ3) is 5.22. The van der Waals surface area contributed by atoms with Gasteiger partial charge in [0.05, 0.1) is 38.7 Å². The van der Waals surface area contributed by atoms with Gasteiger partial charge in [-0.05, 0) is 80.3 Å². The fourth-order valence-corrected chi connectivity index (χ4v) is 13.5. The molecule has 3 saturated heterocycles. The third-order valence-corrected chi connectivity index (χ3v) is 15.6. The van der Waals surface area contributed by atoms with Gasteiger partial charge in [-0.25, -0.2) is 4.79 Å². The van der Waals surface area contributed by atoms with Crippen LogP contribution in [-0.4, -0.2) is 123 Å². The van der Waals surface area contributed by atoms with Gasteiger partial charge in [-0.3, -0.25) is 24.3 Å². The van der Waals surface area contributed by atoms with Gasteiger partial charge in [0.25, 0.3) is 0 Å². The van der Waals surface area contributed by atoms with Crippen LogP contribution >= 0.6 is 0 Å². The number of anilines is 1. The molecule has 4 fully saturated rings. The monoisotopic (exact) mass is 808 g/mol. The summed E-state index contributed by atoms with van der Waals surface area (Å²) in [5.74, 6) is -1.33. The van der Waals surface area contributed by atoms with Crippen molar-refractivity contribution in [2.75, 3.05) is 59.0 Å². The predicted octanol–water partition coefficient (Wildman–Crippen LogP) is 4.59. The zero-order valence-corrected chi connectivity index (χ0v) is 34.9.